The van der Waals surface area contributed by atoms with E-state index in [0.717, 1.165) is 17.8 Å². The predicted octanol–water partition coefficient (Wildman–Crippen LogP) is 12.3. The van der Waals surface area contributed by atoms with Crippen molar-refractivity contribution in [3.8, 4) is 11.1 Å². The molecule has 1 unspecified atom stereocenters. The molecule has 0 fully saturated rings. The first-order chi connectivity index (χ1) is 22.3. The van der Waals surface area contributed by atoms with E-state index < -0.39 is 0 Å². The fourth-order valence-electron chi connectivity index (χ4n) is 6.73. The van der Waals surface area contributed by atoms with Gasteiger partial charge in [0.15, 0.2) is 0 Å². The molecule has 8 rings (SSSR count). The molecule has 1 heteroatoms. The van der Waals surface area contributed by atoms with Crippen molar-refractivity contribution in [2.24, 2.45) is 0 Å². The lowest BCUT2D eigenvalue weighted by atomic mass is 9.86. The van der Waals surface area contributed by atoms with Crippen molar-refractivity contribution >= 4 is 44.2 Å². The number of anilines is 3. The molecular weight excluding hydrogens is 542 g/mol. The molecule has 0 bridgehead atoms. The normalized spacial score (nSPS) is 14.4. The van der Waals surface area contributed by atoms with Gasteiger partial charge < -0.3 is 4.90 Å². The quantitative estimate of drug-likeness (QED) is 0.191. The number of allylic oxidation sites excluding steroid dienone is 4. The summed E-state index contributed by atoms with van der Waals surface area (Å²) < 4.78 is 0. The van der Waals surface area contributed by atoms with Gasteiger partial charge in [0.1, 0.15) is 0 Å². The van der Waals surface area contributed by atoms with Crippen LogP contribution in [0.25, 0.3) is 38.2 Å². The summed E-state index contributed by atoms with van der Waals surface area (Å²) in [5, 5.41) is 5.04. The molecule has 0 spiro atoms. The van der Waals surface area contributed by atoms with Gasteiger partial charge in [0.2, 0.25) is 0 Å². The Bertz CT molecular complexity index is 2180. The number of benzene rings is 7. The molecular formula is C44H33N. The van der Waals surface area contributed by atoms with Crippen molar-refractivity contribution in [3.05, 3.63) is 193 Å². The maximum atomic E-state index is 2.46. The van der Waals surface area contributed by atoms with Gasteiger partial charge in [-0.25, -0.2) is 0 Å². The summed E-state index contributed by atoms with van der Waals surface area (Å²) >= 11 is 0. The fourth-order valence-corrected chi connectivity index (χ4v) is 6.73. The average molecular weight is 576 g/mol. The van der Waals surface area contributed by atoms with Gasteiger partial charge in [-0.3, -0.25) is 0 Å². The minimum absolute atomic E-state index is 0.291. The van der Waals surface area contributed by atoms with Gasteiger partial charge in [0.25, 0.3) is 0 Å². The zero-order chi connectivity index (χ0) is 30.0. The lowest BCUT2D eigenvalue weighted by molar-refractivity contribution is 0.857. The monoisotopic (exact) mass is 575 g/mol. The van der Waals surface area contributed by atoms with Gasteiger partial charge in [0.05, 0.1) is 5.69 Å². The van der Waals surface area contributed by atoms with E-state index in [9.17, 15) is 0 Å². The van der Waals surface area contributed by atoms with E-state index in [0.29, 0.717) is 5.92 Å². The minimum Gasteiger partial charge on any atom is -0.310 e. The average Bonchev–Trinajstić information content (AvgIpc) is 3.12. The van der Waals surface area contributed by atoms with Gasteiger partial charge in [-0.15, -0.1) is 0 Å². The van der Waals surface area contributed by atoms with Gasteiger partial charge in [-0.2, -0.15) is 0 Å². The Morgan fingerprint density at radius 3 is 1.96 bits per heavy atom. The minimum atomic E-state index is 0.291. The van der Waals surface area contributed by atoms with Crippen molar-refractivity contribution in [2.75, 3.05) is 4.90 Å². The number of hydrogen-bond acceptors (Lipinski definition) is 1. The summed E-state index contributed by atoms with van der Waals surface area (Å²) in [4.78, 5) is 2.41. The van der Waals surface area contributed by atoms with Crippen LogP contribution < -0.4 is 4.90 Å². The fraction of sp³-hybridized carbons (Fsp3) is 0.0455. The maximum absolute atomic E-state index is 2.46. The number of fused-ring (bicyclic) bond motifs is 2. The van der Waals surface area contributed by atoms with Crippen LogP contribution in [-0.4, -0.2) is 0 Å². The summed E-state index contributed by atoms with van der Waals surface area (Å²) in [7, 11) is 0. The van der Waals surface area contributed by atoms with E-state index in [2.05, 4.69) is 187 Å². The highest BCUT2D eigenvalue weighted by Gasteiger charge is 2.19. The lowest BCUT2D eigenvalue weighted by Gasteiger charge is -2.28. The van der Waals surface area contributed by atoms with Crippen LogP contribution in [0.2, 0.25) is 0 Å². The van der Waals surface area contributed by atoms with Crippen molar-refractivity contribution in [2.45, 2.75) is 12.3 Å². The van der Waals surface area contributed by atoms with E-state index in [1.54, 1.807) is 0 Å². The molecule has 1 aliphatic carbocycles. The van der Waals surface area contributed by atoms with Crippen LogP contribution in [0.5, 0.6) is 0 Å². The van der Waals surface area contributed by atoms with E-state index in [4.69, 9.17) is 0 Å². The maximum Gasteiger partial charge on any atom is 0.0540 e. The molecule has 0 amide bonds. The first-order valence-corrected chi connectivity index (χ1v) is 15.7. The van der Waals surface area contributed by atoms with Crippen LogP contribution in [0, 0.1) is 0 Å². The standard InChI is InChI=1S/C44H33N/c1-2-12-32(13-3-1)33-26-28-39(29-27-33)45(44-25-11-17-35-15-5-7-23-43(35)44)40-21-9-19-37(31-40)36-18-8-20-38(30-36)42-24-10-16-34-14-4-6-22-41(34)42/h1-17,19-31,36H,18H2. The van der Waals surface area contributed by atoms with Crippen molar-refractivity contribution in [1.29, 1.82) is 0 Å². The molecule has 7 aromatic rings. The summed E-state index contributed by atoms with van der Waals surface area (Å²) in [5.74, 6) is 0.291. The topological polar surface area (TPSA) is 3.24 Å². The summed E-state index contributed by atoms with van der Waals surface area (Å²) in [6.07, 6.45) is 8.06. The van der Waals surface area contributed by atoms with Gasteiger partial charge >= 0.3 is 0 Å². The van der Waals surface area contributed by atoms with Crippen LogP contribution in [-0.2, 0) is 0 Å². The van der Waals surface area contributed by atoms with Crippen LogP contribution in [0.15, 0.2) is 182 Å². The molecule has 7 aromatic carbocycles. The summed E-state index contributed by atoms with van der Waals surface area (Å²) in [6, 6.07) is 59.2. The van der Waals surface area contributed by atoms with Gasteiger partial charge in [-0.1, -0.05) is 152 Å². The second-order valence-electron chi connectivity index (χ2n) is 11.7. The van der Waals surface area contributed by atoms with E-state index in [1.807, 2.05) is 0 Å². The molecule has 0 aliphatic heterocycles. The second-order valence-corrected chi connectivity index (χ2v) is 11.7. The smallest absolute Gasteiger partial charge is 0.0540 e. The highest BCUT2D eigenvalue weighted by Crippen LogP contribution is 2.41. The van der Waals surface area contributed by atoms with Crippen molar-refractivity contribution in [1.82, 2.24) is 0 Å². The molecule has 1 nitrogen and oxygen atoms in total. The summed E-state index contributed by atoms with van der Waals surface area (Å²) in [5.41, 5.74) is 9.81. The number of rotatable bonds is 6. The molecule has 0 radical (unpaired) electrons. The zero-order valence-electron chi connectivity index (χ0n) is 25.1. The Labute approximate surface area is 265 Å². The first-order valence-electron chi connectivity index (χ1n) is 15.7. The molecule has 0 heterocycles. The van der Waals surface area contributed by atoms with Gasteiger partial charge in [0, 0.05) is 22.7 Å². The first kappa shape index (κ1) is 26.9. The third-order valence-electron chi connectivity index (χ3n) is 8.97. The number of nitrogens with zero attached hydrogens (tertiary/aromatic N) is 1. The third-order valence-corrected chi connectivity index (χ3v) is 8.97. The zero-order valence-corrected chi connectivity index (χ0v) is 25.1. The third kappa shape index (κ3) is 5.24. The SMILES string of the molecule is C1=CC(c2cccc3ccccc23)=CC(c2cccc(N(c3ccc(-c4ccccc4)cc3)c3cccc4ccccc34)c2)C1. The van der Waals surface area contributed by atoms with Crippen LogP contribution in [0.1, 0.15) is 23.5 Å². The lowest BCUT2D eigenvalue weighted by Crippen LogP contribution is -2.11. The Balaban J connectivity index is 1.22. The Kier molecular flexibility index (Phi) is 7.05. The molecule has 1 aliphatic rings. The van der Waals surface area contributed by atoms with Crippen LogP contribution >= 0.6 is 0 Å². The highest BCUT2D eigenvalue weighted by molar-refractivity contribution is 5.99. The molecule has 0 saturated carbocycles. The Morgan fingerprint density at radius 2 is 1.13 bits per heavy atom. The molecule has 45 heavy (non-hydrogen) atoms. The molecule has 0 N–H and O–H groups in total. The van der Waals surface area contributed by atoms with E-state index >= 15 is 0 Å². The Hall–Kier alpha value is -5.66. The van der Waals surface area contributed by atoms with Crippen molar-refractivity contribution < 1.29 is 0 Å². The van der Waals surface area contributed by atoms with Crippen LogP contribution in [0.4, 0.5) is 17.1 Å². The van der Waals surface area contributed by atoms with Crippen molar-refractivity contribution in [3.63, 3.8) is 0 Å². The molecule has 0 aromatic heterocycles. The predicted molar refractivity (Wildman–Crippen MR) is 192 cm³/mol. The number of hydrogen-bond donors (Lipinski definition) is 0. The highest BCUT2D eigenvalue weighted by atomic mass is 15.1. The molecule has 214 valence electrons. The van der Waals surface area contributed by atoms with E-state index in [-0.39, 0.29) is 0 Å². The Morgan fingerprint density at radius 1 is 0.489 bits per heavy atom. The molecule has 1 atom stereocenters. The van der Waals surface area contributed by atoms with Gasteiger partial charge in [-0.05, 0) is 80.7 Å². The van der Waals surface area contributed by atoms with Crippen LogP contribution in [0.3, 0.4) is 0 Å². The molecule has 0 saturated heterocycles. The largest absolute Gasteiger partial charge is 0.310 e. The van der Waals surface area contributed by atoms with E-state index in [1.165, 1.54) is 55.1 Å². The summed E-state index contributed by atoms with van der Waals surface area (Å²) in [6.45, 7) is 0. The second kappa shape index (κ2) is 11.8.